The highest BCUT2D eigenvalue weighted by molar-refractivity contribution is 5.68. The van der Waals surface area contributed by atoms with E-state index in [1.54, 1.807) is 0 Å². The molecule has 0 aromatic heterocycles. The van der Waals surface area contributed by atoms with Crippen molar-refractivity contribution in [2.45, 2.75) is 109 Å². The third-order valence-electron chi connectivity index (χ3n) is 4.29. The first-order valence-electron chi connectivity index (χ1n) is 9.45. The summed E-state index contributed by atoms with van der Waals surface area (Å²) >= 11 is 0. The summed E-state index contributed by atoms with van der Waals surface area (Å²) in [4.78, 5) is 10.9. The van der Waals surface area contributed by atoms with Crippen LogP contribution >= 0.6 is 0 Å². The normalized spacial score (nSPS) is 12.3. The highest BCUT2D eigenvalue weighted by Gasteiger charge is 2.04. The van der Waals surface area contributed by atoms with Crippen LogP contribution in [0.1, 0.15) is 103 Å². The molecule has 0 amide bonds. The van der Waals surface area contributed by atoms with Crippen LogP contribution < -0.4 is 0 Å². The first-order valence-corrected chi connectivity index (χ1v) is 9.45. The molecule has 1 unspecified atom stereocenters. The molecule has 0 fully saturated rings. The van der Waals surface area contributed by atoms with Crippen LogP contribution in [0.4, 0.5) is 0 Å². The smallest absolute Gasteiger partial charge is 0.305 e. The maximum absolute atomic E-state index is 10.9. The molecule has 0 aliphatic carbocycles. The third-order valence-corrected chi connectivity index (χ3v) is 4.29. The van der Waals surface area contributed by atoms with E-state index < -0.39 is 0 Å². The van der Waals surface area contributed by atoms with E-state index in [0.29, 0.717) is 6.42 Å². The Labute approximate surface area is 137 Å². The fourth-order valence-corrected chi connectivity index (χ4v) is 2.76. The van der Waals surface area contributed by atoms with Gasteiger partial charge in [-0.1, -0.05) is 77.6 Å². The molecule has 0 rings (SSSR count). The number of unbranched alkanes of at least 4 members (excludes halogenated alkanes) is 10. The van der Waals surface area contributed by atoms with Crippen LogP contribution in [0.2, 0.25) is 0 Å². The maximum Gasteiger partial charge on any atom is 0.305 e. The SMILES string of the molecule is CCCCCCCCCCC(O)CCCCCCC(=O)OC. The van der Waals surface area contributed by atoms with Crippen molar-refractivity contribution in [1.29, 1.82) is 0 Å². The number of methoxy groups -OCH3 is 1. The summed E-state index contributed by atoms with van der Waals surface area (Å²) in [5.41, 5.74) is 0. The standard InChI is InChI=1S/C19H38O3/c1-3-4-5-6-7-8-9-12-15-18(20)16-13-10-11-14-17-19(21)22-2/h18,20H,3-17H2,1-2H3. The van der Waals surface area contributed by atoms with Crippen molar-refractivity contribution in [3.63, 3.8) is 0 Å². The number of esters is 1. The average molecular weight is 315 g/mol. The van der Waals surface area contributed by atoms with Crippen molar-refractivity contribution in [3.05, 3.63) is 0 Å². The third kappa shape index (κ3) is 15.8. The molecule has 1 atom stereocenters. The van der Waals surface area contributed by atoms with Gasteiger partial charge in [-0.05, 0) is 19.3 Å². The van der Waals surface area contributed by atoms with E-state index in [2.05, 4.69) is 11.7 Å². The lowest BCUT2D eigenvalue weighted by atomic mass is 10.0. The molecule has 0 aromatic rings. The zero-order valence-electron chi connectivity index (χ0n) is 14.9. The molecule has 0 saturated carbocycles. The predicted octanol–water partition coefficient (Wildman–Crippen LogP) is 5.39. The van der Waals surface area contributed by atoms with Gasteiger partial charge in [0.1, 0.15) is 0 Å². The lowest BCUT2D eigenvalue weighted by Gasteiger charge is -2.10. The van der Waals surface area contributed by atoms with Gasteiger partial charge in [0.25, 0.3) is 0 Å². The molecule has 0 aliphatic rings. The van der Waals surface area contributed by atoms with Crippen LogP contribution in [0.3, 0.4) is 0 Å². The first kappa shape index (κ1) is 21.4. The summed E-state index contributed by atoms with van der Waals surface area (Å²) in [5, 5.41) is 9.93. The van der Waals surface area contributed by atoms with E-state index in [0.717, 1.165) is 44.9 Å². The van der Waals surface area contributed by atoms with Crippen molar-refractivity contribution in [2.75, 3.05) is 7.11 Å². The van der Waals surface area contributed by atoms with Gasteiger partial charge in [0.15, 0.2) is 0 Å². The second-order valence-electron chi connectivity index (χ2n) is 6.45. The molecule has 3 nitrogen and oxygen atoms in total. The van der Waals surface area contributed by atoms with Crippen LogP contribution in [0, 0.1) is 0 Å². The summed E-state index contributed by atoms with van der Waals surface area (Å²) < 4.78 is 4.61. The Bertz CT molecular complexity index is 241. The zero-order valence-corrected chi connectivity index (χ0v) is 14.9. The van der Waals surface area contributed by atoms with E-state index in [4.69, 9.17) is 0 Å². The number of carbonyl (C=O) groups is 1. The molecule has 22 heavy (non-hydrogen) atoms. The molecule has 132 valence electrons. The minimum Gasteiger partial charge on any atom is -0.469 e. The summed E-state index contributed by atoms with van der Waals surface area (Å²) in [6, 6.07) is 0. The van der Waals surface area contributed by atoms with Crippen LogP contribution in [-0.4, -0.2) is 24.3 Å². The van der Waals surface area contributed by atoms with Crippen LogP contribution in [0.25, 0.3) is 0 Å². The van der Waals surface area contributed by atoms with E-state index >= 15 is 0 Å². The van der Waals surface area contributed by atoms with E-state index in [1.807, 2.05) is 0 Å². The predicted molar refractivity (Wildman–Crippen MR) is 93.0 cm³/mol. The van der Waals surface area contributed by atoms with E-state index in [9.17, 15) is 9.90 Å². The van der Waals surface area contributed by atoms with Gasteiger partial charge in [-0.25, -0.2) is 0 Å². The Morgan fingerprint density at radius 2 is 1.27 bits per heavy atom. The summed E-state index contributed by atoms with van der Waals surface area (Å²) in [6.45, 7) is 2.25. The lowest BCUT2D eigenvalue weighted by molar-refractivity contribution is -0.140. The summed E-state index contributed by atoms with van der Waals surface area (Å²) in [5.74, 6) is -0.116. The maximum atomic E-state index is 10.9. The van der Waals surface area contributed by atoms with Crippen LogP contribution in [0.5, 0.6) is 0 Å². The van der Waals surface area contributed by atoms with Crippen molar-refractivity contribution < 1.29 is 14.6 Å². The summed E-state index contributed by atoms with van der Waals surface area (Å²) in [7, 11) is 1.43. The fraction of sp³-hybridized carbons (Fsp3) is 0.947. The van der Waals surface area contributed by atoms with E-state index in [-0.39, 0.29) is 12.1 Å². The number of aliphatic hydroxyl groups excluding tert-OH is 1. The molecule has 0 radical (unpaired) electrons. The second kappa shape index (κ2) is 16.8. The quantitative estimate of drug-likeness (QED) is 0.307. The highest BCUT2D eigenvalue weighted by Crippen LogP contribution is 2.14. The Balaban J connectivity index is 3.19. The molecule has 1 N–H and O–H groups in total. The van der Waals surface area contributed by atoms with Crippen LogP contribution in [-0.2, 0) is 9.53 Å². The number of ether oxygens (including phenoxy) is 1. The van der Waals surface area contributed by atoms with Gasteiger partial charge in [0, 0.05) is 6.42 Å². The largest absolute Gasteiger partial charge is 0.469 e. The Kier molecular flexibility index (Phi) is 16.4. The van der Waals surface area contributed by atoms with Gasteiger partial charge in [-0.15, -0.1) is 0 Å². The average Bonchev–Trinajstić information content (AvgIpc) is 2.52. The number of hydrogen-bond donors (Lipinski definition) is 1. The highest BCUT2D eigenvalue weighted by atomic mass is 16.5. The van der Waals surface area contributed by atoms with Crippen molar-refractivity contribution in [1.82, 2.24) is 0 Å². The van der Waals surface area contributed by atoms with E-state index in [1.165, 1.54) is 52.1 Å². The monoisotopic (exact) mass is 314 g/mol. The van der Waals surface area contributed by atoms with Crippen molar-refractivity contribution in [2.24, 2.45) is 0 Å². The number of hydrogen-bond acceptors (Lipinski definition) is 3. The van der Waals surface area contributed by atoms with Gasteiger partial charge in [0.05, 0.1) is 13.2 Å². The molecule has 3 heteroatoms. The molecule has 0 bridgehead atoms. The number of rotatable bonds is 16. The van der Waals surface area contributed by atoms with Crippen LogP contribution in [0.15, 0.2) is 0 Å². The second-order valence-corrected chi connectivity index (χ2v) is 6.45. The molecule has 0 aliphatic heterocycles. The molecule has 0 heterocycles. The van der Waals surface area contributed by atoms with Crippen molar-refractivity contribution in [3.8, 4) is 0 Å². The topological polar surface area (TPSA) is 46.5 Å². The molecule has 0 aromatic carbocycles. The summed E-state index contributed by atoms with van der Waals surface area (Å²) in [6.07, 6.45) is 17.0. The molecule has 0 saturated heterocycles. The Morgan fingerprint density at radius 1 is 0.818 bits per heavy atom. The van der Waals surface area contributed by atoms with Gasteiger partial charge >= 0.3 is 5.97 Å². The van der Waals surface area contributed by atoms with Crippen molar-refractivity contribution >= 4 is 5.97 Å². The van der Waals surface area contributed by atoms with Gasteiger partial charge in [-0.3, -0.25) is 4.79 Å². The Morgan fingerprint density at radius 3 is 1.77 bits per heavy atom. The number of carbonyl (C=O) groups excluding carboxylic acids is 1. The zero-order chi connectivity index (χ0) is 16.5. The van der Waals surface area contributed by atoms with Gasteiger partial charge < -0.3 is 9.84 Å². The minimum absolute atomic E-state index is 0.116. The van der Waals surface area contributed by atoms with Gasteiger partial charge in [-0.2, -0.15) is 0 Å². The Hall–Kier alpha value is -0.570. The number of aliphatic hydroxyl groups is 1. The first-order chi connectivity index (χ1) is 10.7. The fourth-order valence-electron chi connectivity index (χ4n) is 2.76. The molecular formula is C19H38O3. The van der Waals surface area contributed by atoms with Gasteiger partial charge in [0.2, 0.25) is 0 Å². The molecular weight excluding hydrogens is 276 g/mol. The minimum atomic E-state index is -0.124. The molecule has 0 spiro atoms. The lowest BCUT2D eigenvalue weighted by Crippen LogP contribution is -2.06.